The number of benzene rings is 1. The summed E-state index contributed by atoms with van der Waals surface area (Å²) in [6, 6.07) is 12.1. The molecule has 8 nitrogen and oxygen atoms in total. The second kappa shape index (κ2) is 9.52. The van der Waals surface area contributed by atoms with Gasteiger partial charge in [0, 0.05) is 69.2 Å². The summed E-state index contributed by atoms with van der Waals surface area (Å²) < 4.78 is 1.87. The van der Waals surface area contributed by atoms with Crippen LogP contribution < -0.4 is 10.2 Å². The molecule has 1 atom stereocenters. The van der Waals surface area contributed by atoms with Gasteiger partial charge in [0.2, 0.25) is 5.95 Å². The van der Waals surface area contributed by atoms with Crippen molar-refractivity contribution in [3.05, 3.63) is 59.2 Å². The number of hydrogen-bond acceptors (Lipinski definition) is 7. The van der Waals surface area contributed by atoms with Gasteiger partial charge in [0.15, 0.2) is 0 Å². The highest BCUT2D eigenvalue weighted by Gasteiger charge is 2.23. The maximum absolute atomic E-state index is 13.1. The van der Waals surface area contributed by atoms with E-state index in [1.807, 2.05) is 36.0 Å². The van der Waals surface area contributed by atoms with Crippen LogP contribution in [0.5, 0.6) is 0 Å². The van der Waals surface area contributed by atoms with Crippen molar-refractivity contribution in [2.24, 2.45) is 7.05 Å². The molecule has 1 aromatic carbocycles. The van der Waals surface area contributed by atoms with E-state index in [1.165, 1.54) is 16.9 Å². The van der Waals surface area contributed by atoms with Gasteiger partial charge in [-0.25, -0.2) is 9.97 Å². The number of rotatable bonds is 6. The number of carbonyl (C=O) groups is 1. The van der Waals surface area contributed by atoms with Crippen molar-refractivity contribution in [2.45, 2.75) is 19.9 Å². The van der Waals surface area contributed by atoms with Crippen LogP contribution in [0, 0.1) is 6.92 Å². The number of amides is 1. The van der Waals surface area contributed by atoms with Crippen molar-refractivity contribution in [2.75, 3.05) is 37.6 Å². The quantitative estimate of drug-likeness (QED) is 0.461. The molecule has 0 aliphatic carbocycles. The predicted molar refractivity (Wildman–Crippen MR) is 136 cm³/mol. The number of piperazine rings is 1. The lowest BCUT2D eigenvalue weighted by atomic mass is 10.0. The summed E-state index contributed by atoms with van der Waals surface area (Å²) in [6.45, 7) is 8.59. The van der Waals surface area contributed by atoms with E-state index in [0.717, 1.165) is 65.0 Å². The van der Waals surface area contributed by atoms with Gasteiger partial charge in [-0.1, -0.05) is 24.3 Å². The summed E-state index contributed by atoms with van der Waals surface area (Å²) in [4.78, 5) is 28.1. The van der Waals surface area contributed by atoms with Crippen LogP contribution in [0.15, 0.2) is 48.8 Å². The van der Waals surface area contributed by atoms with Gasteiger partial charge < -0.3 is 10.2 Å². The minimum absolute atomic E-state index is 0.0271. The number of nitrogens with zero attached hydrogens (tertiary/aromatic N) is 6. The van der Waals surface area contributed by atoms with E-state index in [-0.39, 0.29) is 11.9 Å². The summed E-state index contributed by atoms with van der Waals surface area (Å²) in [5.41, 5.74) is 3.21. The molecule has 1 unspecified atom stereocenters. The number of thiophene rings is 1. The van der Waals surface area contributed by atoms with E-state index >= 15 is 0 Å². The van der Waals surface area contributed by atoms with Crippen molar-refractivity contribution in [3.63, 3.8) is 0 Å². The third kappa shape index (κ3) is 4.53. The van der Waals surface area contributed by atoms with Gasteiger partial charge in [-0.3, -0.25) is 14.4 Å². The van der Waals surface area contributed by atoms with E-state index in [9.17, 15) is 4.79 Å². The van der Waals surface area contributed by atoms with Gasteiger partial charge in [0.05, 0.1) is 4.88 Å². The molecule has 1 aliphatic rings. The zero-order valence-electron chi connectivity index (χ0n) is 19.7. The first kappa shape index (κ1) is 22.5. The highest BCUT2D eigenvalue weighted by Crippen LogP contribution is 2.34. The van der Waals surface area contributed by atoms with Crippen molar-refractivity contribution in [1.29, 1.82) is 0 Å². The zero-order chi connectivity index (χ0) is 23.7. The molecule has 1 amide bonds. The van der Waals surface area contributed by atoms with E-state index in [0.29, 0.717) is 0 Å². The number of anilines is 1. The van der Waals surface area contributed by atoms with Gasteiger partial charge in [-0.2, -0.15) is 5.10 Å². The van der Waals surface area contributed by atoms with Crippen LogP contribution in [0.2, 0.25) is 0 Å². The predicted octanol–water partition coefficient (Wildman–Crippen LogP) is 3.34. The first-order chi connectivity index (χ1) is 16.5. The molecule has 1 fully saturated rings. The smallest absolute Gasteiger partial charge is 0.261 e. The van der Waals surface area contributed by atoms with Crippen LogP contribution in [0.3, 0.4) is 0 Å². The standard InChI is InChI=1S/C25H29N7OS/c1-17-7-4-5-8-19(17)22-20-15-21(34-24(20)30(3)29-22)23(33)28-18(2)16-31-11-13-32(14-12-31)25-26-9-6-10-27-25/h4-10,15,18H,11-14,16H2,1-3H3,(H,28,33). The second-order valence-electron chi connectivity index (χ2n) is 8.83. The lowest BCUT2D eigenvalue weighted by Gasteiger charge is -2.35. The van der Waals surface area contributed by atoms with Crippen LogP contribution in [-0.2, 0) is 7.05 Å². The Balaban J connectivity index is 1.22. The third-order valence-corrected chi connectivity index (χ3v) is 7.45. The number of carbonyl (C=O) groups excluding carboxylic acids is 1. The molecule has 1 N–H and O–H groups in total. The molecule has 0 saturated carbocycles. The van der Waals surface area contributed by atoms with Crippen LogP contribution >= 0.6 is 11.3 Å². The Morgan fingerprint density at radius 3 is 2.59 bits per heavy atom. The van der Waals surface area contributed by atoms with Crippen LogP contribution in [0.4, 0.5) is 5.95 Å². The van der Waals surface area contributed by atoms with E-state index in [2.05, 4.69) is 51.1 Å². The maximum atomic E-state index is 13.1. The van der Waals surface area contributed by atoms with Crippen LogP contribution in [0.1, 0.15) is 22.2 Å². The Bertz CT molecular complexity index is 1290. The number of aryl methyl sites for hydroxylation is 2. The van der Waals surface area contributed by atoms with E-state index in [4.69, 9.17) is 5.10 Å². The minimum atomic E-state index is -0.0271. The number of hydrogen-bond donors (Lipinski definition) is 1. The molecule has 3 aromatic heterocycles. The molecule has 5 rings (SSSR count). The molecule has 4 heterocycles. The van der Waals surface area contributed by atoms with E-state index in [1.54, 1.807) is 12.4 Å². The molecule has 176 valence electrons. The topological polar surface area (TPSA) is 79.2 Å². The Morgan fingerprint density at radius 1 is 1.12 bits per heavy atom. The van der Waals surface area contributed by atoms with Crippen molar-refractivity contribution >= 4 is 33.4 Å². The van der Waals surface area contributed by atoms with Gasteiger partial charge >= 0.3 is 0 Å². The number of aromatic nitrogens is 4. The fourth-order valence-corrected chi connectivity index (χ4v) is 5.48. The van der Waals surface area contributed by atoms with Gasteiger partial charge in [-0.05, 0) is 31.5 Å². The maximum Gasteiger partial charge on any atom is 0.261 e. The lowest BCUT2D eigenvalue weighted by Crippen LogP contribution is -2.51. The molecule has 0 bridgehead atoms. The Morgan fingerprint density at radius 2 is 1.85 bits per heavy atom. The van der Waals surface area contributed by atoms with Gasteiger partial charge in [0.1, 0.15) is 10.5 Å². The monoisotopic (exact) mass is 475 g/mol. The van der Waals surface area contributed by atoms with Crippen molar-refractivity contribution in [1.82, 2.24) is 30.0 Å². The number of fused-ring (bicyclic) bond motifs is 1. The largest absolute Gasteiger partial charge is 0.348 e. The van der Waals surface area contributed by atoms with Crippen molar-refractivity contribution < 1.29 is 4.79 Å². The average molecular weight is 476 g/mol. The van der Waals surface area contributed by atoms with Gasteiger partial charge in [-0.15, -0.1) is 11.3 Å². The fourth-order valence-electron chi connectivity index (χ4n) is 4.50. The summed E-state index contributed by atoms with van der Waals surface area (Å²) in [6.07, 6.45) is 3.56. The molecule has 0 radical (unpaired) electrons. The second-order valence-corrected chi connectivity index (χ2v) is 9.86. The summed E-state index contributed by atoms with van der Waals surface area (Å²) >= 11 is 1.49. The van der Waals surface area contributed by atoms with Crippen molar-refractivity contribution in [3.8, 4) is 11.3 Å². The molecule has 0 spiro atoms. The molecular weight excluding hydrogens is 446 g/mol. The van der Waals surface area contributed by atoms with Gasteiger partial charge in [0.25, 0.3) is 5.91 Å². The molecule has 4 aromatic rings. The Hall–Kier alpha value is -3.30. The van der Waals surface area contributed by atoms with Crippen LogP contribution in [0.25, 0.3) is 21.5 Å². The normalized spacial score (nSPS) is 15.6. The third-order valence-electron chi connectivity index (χ3n) is 6.25. The fraction of sp³-hybridized carbons (Fsp3) is 0.360. The lowest BCUT2D eigenvalue weighted by molar-refractivity contribution is 0.0932. The van der Waals surface area contributed by atoms with E-state index < -0.39 is 0 Å². The summed E-state index contributed by atoms with van der Waals surface area (Å²) in [7, 11) is 1.94. The Kier molecular flexibility index (Phi) is 6.30. The first-order valence-electron chi connectivity index (χ1n) is 11.6. The highest BCUT2D eigenvalue weighted by atomic mass is 32.1. The zero-order valence-corrected chi connectivity index (χ0v) is 20.5. The molecule has 34 heavy (non-hydrogen) atoms. The SMILES string of the molecule is Cc1ccccc1-c1nn(C)c2sc(C(=O)NC(C)CN3CCN(c4ncccn4)CC3)cc12. The summed E-state index contributed by atoms with van der Waals surface area (Å²) in [5.74, 6) is 0.758. The molecule has 1 aliphatic heterocycles. The summed E-state index contributed by atoms with van der Waals surface area (Å²) in [5, 5.41) is 8.94. The molecule has 1 saturated heterocycles. The molecule has 9 heteroatoms. The highest BCUT2D eigenvalue weighted by molar-refractivity contribution is 7.20. The average Bonchev–Trinajstić information content (AvgIpc) is 3.41. The molecular formula is C25H29N7OS. The van der Waals surface area contributed by atoms with Crippen LogP contribution in [-0.4, -0.2) is 69.3 Å². The number of nitrogens with one attached hydrogen (secondary N) is 1. The Labute approximate surface area is 203 Å². The first-order valence-corrected chi connectivity index (χ1v) is 12.4. The minimum Gasteiger partial charge on any atom is -0.348 e.